The number of aromatic nitrogens is 1. The number of benzene rings is 1. The fraction of sp³-hybridized carbons (Fsp3) is 0.286. The van der Waals surface area contributed by atoms with Gasteiger partial charge in [-0.3, -0.25) is 4.90 Å². The fourth-order valence-electron chi connectivity index (χ4n) is 3.05. The molecule has 0 atom stereocenters. The van der Waals surface area contributed by atoms with Gasteiger partial charge in [0.15, 0.2) is 0 Å². The minimum atomic E-state index is -0.248. The van der Waals surface area contributed by atoms with Gasteiger partial charge in [0.25, 0.3) is 0 Å². The van der Waals surface area contributed by atoms with Crippen LogP contribution in [0.4, 0.5) is 10.2 Å². The van der Waals surface area contributed by atoms with Crippen molar-refractivity contribution in [2.45, 2.75) is 6.42 Å². The van der Waals surface area contributed by atoms with Crippen LogP contribution in [0, 0.1) is 0 Å². The highest BCUT2D eigenvalue weighted by atomic mass is 19.1. The number of para-hydroxylation sites is 1. The van der Waals surface area contributed by atoms with Crippen molar-refractivity contribution in [3.05, 3.63) is 73.1 Å². The molecule has 0 N–H and O–H groups in total. The van der Waals surface area contributed by atoms with Gasteiger partial charge < -0.3 is 4.90 Å². The van der Waals surface area contributed by atoms with Gasteiger partial charge in [0.05, 0.1) is 5.52 Å². The van der Waals surface area contributed by atoms with Gasteiger partial charge in [0.2, 0.25) is 0 Å². The van der Waals surface area contributed by atoms with Gasteiger partial charge in [-0.25, -0.2) is 9.37 Å². The topological polar surface area (TPSA) is 19.4 Å². The molecule has 0 radical (unpaired) electrons. The summed E-state index contributed by atoms with van der Waals surface area (Å²) in [6, 6.07) is 12.5. The average Bonchev–Trinajstić information content (AvgIpc) is 2.65. The van der Waals surface area contributed by atoms with Gasteiger partial charge >= 0.3 is 0 Å². The lowest BCUT2D eigenvalue weighted by atomic mass is 10.2. The van der Waals surface area contributed by atoms with Crippen LogP contribution in [0.2, 0.25) is 0 Å². The smallest absolute Gasteiger partial charge is 0.129 e. The molecule has 1 aliphatic heterocycles. The quantitative estimate of drug-likeness (QED) is 0.731. The Morgan fingerprint density at radius 1 is 1.12 bits per heavy atom. The summed E-state index contributed by atoms with van der Waals surface area (Å²) in [6.45, 7) is 8.40. The summed E-state index contributed by atoms with van der Waals surface area (Å²) < 4.78 is 13.2. The number of hydrogen-bond donors (Lipinski definition) is 0. The molecule has 1 aromatic carbocycles. The molecule has 0 amide bonds. The van der Waals surface area contributed by atoms with Crippen molar-refractivity contribution in [2.24, 2.45) is 0 Å². The van der Waals surface area contributed by atoms with Gasteiger partial charge in [0, 0.05) is 38.1 Å². The van der Waals surface area contributed by atoms with Crippen molar-refractivity contribution in [3.8, 4) is 0 Å². The molecule has 2 aromatic rings. The minimum Gasteiger partial charge on any atom is -0.354 e. The zero-order chi connectivity index (χ0) is 17.5. The fourth-order valence-corrected chi connectivity index (χ4v) is 3.05. The van der Waals surface area contributed by atoms with Gasteiger partial charge in [-0.1, -0.05) is 36.9 Å². The van der Waals surface area contributed by atoms with E-state index in [1.807, 2.05) is 18.2 Å². The normalized spacial score (nSPS) is 16.7. The van der Waals surface area contributed by atoms with Gasteiger partial charge in [-0.2, -0.15) is 0 Å². The van der Waals surface area contributed by atoms with Gasteiger partial charge in [0.1, 0.15) is 11.6 Å². The maximum Gasteiger partial charge on any atom is 0.129 e. The second kappa shape index (κ2) is 8.58. The number of rotatable bonds is 6. The molecular formula is C21H24FN3. The molecule has 25 heavy (non-hydrogen) atoms. The second-order valence-electron chi connectivity index (χ2n) is 6.17. The molecular weight excluding hydrogens is 313 g/mol. The van der Waals surface area contributed by atoms with Crippen LogP contribution in [-0.2, 0) is 0 Å². The van der Waals surface area contributed by atoms with Crippen molar-refractivity contribution in [2.75, 3.05) is 37.6 Å². The highest BCUT2D eigenvalue weighted by molar-refractivity contribution is 5.80. The Morgan fingerprint density at radius 3 is 2.72 bits per heavy atom. The first-order valence-electron chi connectivity index (χ1n) is 8.74. The van der Waals surface area contributed by atoms with Crippen LogP contribution in [0.1, 0.15) is 6.42 Å². The summed E-state index contributed by atoms with van der Waals surface area (Å²) >= 11 is 0. The SMILES string of the molecule is C=C/C=C(F)\C=C/CCN1CCN(c2ccc3ccccc3n2)CC1. The molecule has 3 nitrogen and oxygen atoms in total. The van der Waals surface area contributed by atoms with E-state index in [-0.39, 0.29) is 5.83 Å². The average molecular weight is 337 g/mol. The van der Waals surface area contributed by atoms with Gasteiger partial charge in [-0.15, -0.1) is 0 Å². The zero-order valence-corrected chi connectivity index (χ0v) is 14.4. The molecule has 0 bridgehead atoms. The van der Waals surface area contributed by atoms with Crippen LogP contribution >= 0.6 is 0 Å². The highest BCUT2D eigenvalue weighted by Gasteiger charge is 2.17. The zero-order valence-electron chi connectivity index (χ0n) is 14.4. The maximum atomic E-state index is 13.2. The Hall–Kier alpha value is -2.46. The Bertz CT molecular complexity index is 774. The lowest BCUT2D eigenvalue weighted by molar-refractivity contribution is 0.262. The van der Waals surface area contributed by atoms with Gasteiger partial charge in [-0.05, 0) is 36.8 Å². The van der Waals surface area contributed by atoms with Crippen molar-refractivity contribution in [1.82, 2.24) is 9.88 Å². The molecule has 1 aromatic heterocycles. The third-order valence-electron chi connectivity index (χ3n) is 4.45. The van der Waals surface area contributed by atoms with Crippen molar-refractivity contribution in [3.63, 3.8) is 0 Å². The Labute approximate surface area is 148 Å². The first kappa shape index (κ1) is 17.4. The number of piperazine rings is 1. The number of pyridine rings is 1. The molecule has 2 heterocycles. The molecule has 3 rings (SSSR count). The van der Waals surface area contributed by atoms with E-state index >= 15 is 0 Å². The van der Waals surface area contributed by atoms with Crippen molar-refractivity contribution in [1.29, 1.82) is 0 Å². The number of anilines is 1. The summed E-state index contributed by atoms with van der Waals surface area (Å²) in [4.78, 5) is 9.53. The molecule has 0 saturated carbocycles. The van der Waals surface area contributed by atoms with E-state index in [9.17, 15) is 4.39 Å². The molecule has 1 fully saturated rings. The van der Waals surface area contributed by atoms with E-state index in [0.717, 1.165) is 50.5 Å². The second-order valence-corrected chi connectivity index (χ2v) is 6.17. The third kappa shape index (κ3) is 4.77. The number of allylic oxidation sites excluding steroid dienone is 4. The van der Waals surface area contributed by atoms with Crippen LogP contribution < -0.4 is 4.90 Å². The molecule has 130 valence electrons. The van der Waals surface area contributed by atoms with E-state index in [1.165, 1.54) is 23.6 Å². The van der Waals surface area contributed by atoms with Crippen molar-refractivity contribution < 1.29 is 4.39 Å². The number of fused-ring (bicyclic) bond motifs is 1. The number of nitrogens with zero attached hydrogens (tertiary/aromatic N) is 3. The standard InChI is InChI=1S/C21H24FN3/c1-2-7-19(22)9-5-6-13-24-14-16-25(17-15-24)21-12-11-18-8-3-4-10-20(18)23-21/h2-5,7-12H,1,6,13-17H2/b9-5-,19-7+. The number of hydrogen-bond acceptors (Lipinski definition) is 3. The van der Waals surface area contributed by atoms with E-state index in [0.29, 0.717) is 0 Å². The predicted octanol–water partition coefficient (Wildman–Crippen LogP) is 4.34. The van der Waals surface area contributed by atoms with Crippen LogP contribution in [0.15, 0.2) is 73.1 Å². The summed E-state index contributed by atoms with van der Waals surface area (Å²) in [7, 11) is 0. The van der Waals surface area contributed by atoms with E-state index in [2.05, 4.69) is 40.6 Å². The largest absolute Gasteiger partial charge is 0.354 e. The molecule has 1 saturated heterocycles. The van der Waals surface area contributed by atoms with E-state index in [4.69, 9.17) is 4.98 Å². The first-order chi connectivity index (χ1) is 12.3. The van der Waals surface area contributed by atoms with Crippen LogP contribution in [0.3, 0.4) is 0 Å². The van der Waals surface area contributed by atoms with Crippen LogP contribution in [0.5, 0.6) is 0 Å². The Kier molecular flexibility index (Phi) is 5.96. The summed E-state index contributed by atoms with van der Waals surface area (Å²) in [6.07, 6.45) is 7.07. The molecule has 0 spiro atoms. The lowest BCUT2D eigenvalue weighted by Gasteiger charge is -2.35. The summed E-state index contributed by atoms with van der Waals surface area (Å²) in [5.74, 6) is 0.803. The molecule has 0 aliphatic carbocycles. The van der Waals surface area contributed by atoms with Crippen LogP contribution in [0.25, 0.3) is 10.9 Å². The maximum absolute atomic E-state index is 13.2. The minimum absolute atomic E-state index is 0.248. The third-order valence-corrected chi connectivity index (χ3v) is 4.45. The Balaban J connectivity index is 1.49. The van der Waals surface area contributed by atoms with Crippen molar-refractivity contribution >= 4 is 16.7 Å². The molecule has 0 unspecified atom stereocenters. The van der Waals surface area contributed by atoms with Crippen LogP contribution in [-0.4, -0.2) is 42.6 Å². The first-order valence-corrected chi connectivity index (χ1v) is 8.74. The summed E-state index contributed by atoms with van der Waals surface area (Å²) in [5, 5.41) is 1.18. The number of halogens is 1. The summed E-state index contributed by atoms with van der Waals surface area (Å²) in [5.41, 5.74) is 1.04. The molecule has 4 heteroatoms. The Morgan fingerprint density at radius 2 is 1.92 bits per heavy atom. The molecule has 1 aliphatic rings. The lowest BCUT2D eigenvalue weighted by Crippen LogP contribution is -2.46. The predicted molar refractivity (Wildman–Crippen MR) is 104 cm³/mol. The highest BCUT2D eigenvalue weighted by Crippen LogP contribution is 2.19. The van der Waals surface area contributed by atoms with E-state index < -0.39 is 0 Å². The monoisotopic (exact) mass is 337 g/mol. The van der Waals surface area contributed by atoms with E-state index in [1.54, 1.807) is 0 Å².